The van der Waals surface area contributed by atoms with E-state index in [9.17, 15) is 13.2 Å². The second kappa shape index (κ2) is 9.82. The van der Waals surface area contributed by atoms with Crippen LogP contribution in [-0.2, 0) is 14.6 Å². The third-order valence-electron chi connectivity index (χ3n) is 3.53. The first kappa shape index (κ1) is 19.8. The highest BCUT2D eigenvalue weighted by Crippen LogP contribution is 2.17. The Hall–Kier alpha value is -2.54. The highest BCUT2D eigenvalue weighted by Gasteiger charge is 2.15. The van der Waals surface area contributed by atoms with Crippen LogP contribution in [0.5, 0.6) is 11.5 Å². The van der Waals surface area contributed by atoms with E-state index in [-0.39, 0.29) is 23.0 Å². The van der Waals surface area contributed by atoms with E-state index in [0.29, 0.717) is 25.5 Å². The largest absolute Gasteiger partial charge is 0.494 e. The van der Waals surface area contributed by atoms with Crippen molar-refractivity contribution in [3.8, 4) is 11.5 Å². The lowest BCUT2D eigenvalue weighted by Gasteiger charge is -2.09. The third-order valence-corrected chi connectivity index (χ3v) is 5.26. The molecule has 0 fully saturated rings. The van der Waals surface area contributed by atoms with E-state index in [4.69, 9.17) is 9.47 Å². The van der Waals surface area contributed by atoms with Crippen molar-refractivity contribution in [1.82, 2.24) is 5.32 Å². The highest BCUT2D eigenvalue weighted by atomic mass is 32.2. The van der Waals surface area contributed by atoms with Gasteiger partial charge < -0.3 is 14.8 Å². The van der Waals surface area contributed by atoms with Crippen molar-refractivity contribution < 1.29 is 22.7 Å². The number of carbonyl (C=O) groups is 1. The zero-order valence-electron chi connectivity index (χ0n) is 14.7. The van der Waals surface area contributed by atoms with Crippen LogP contribution in [0.4, 0.5) is 0 Å². The minimum atomic E-state index is -3.44. The highest BCUT2D eigenvalue weighted by molar-refractivity contribution is 7.91. The molecule has 0 saturated heterocycles. The number of benzene rings is 2. The molecule has 2 rings (SSSR count). The van der Waals surface area contributed by atoms with Gasteiger partial charge in [-0.05, 0) is 43.3 Å². The Labute approximate surface area is 154 Å². The summed E-state index contributed by atoms with van der Waals surface area (Å²) in [5.74, 6) is 0.907. The molecule has 1 amide bonds. The van der Waals surface area contributed by atoms with Crippen molar-refractivity contribution in [2.24, 2.45) is 0 Å². The molecule has 0 aliphatic heterocycles. The number of rotatable bonds is 10. The Kier molecular flexibility index (Phi) is 7.47. The van der Waals surface area contributed by atoms with E-state index in [1.54, 1.807) is 30.3 Å². The fourth-order valence-corrected chi connectivity index (χ4v) is 3.48. The minimum Gasteiger partial charge on any atom is -0.494 e. The second-order valence-electron chi connectivity index (χ2n) is 5.48. The Morgan fingerprint density at radius 1 is 0.962 bits per heavy atom. The first-order valence-electron chi connectivity index (χ1n) is 8.41. The van der Waals surface area contributed by atoms with Crippen molar-refractivity contribution in [3.63, 3.8) is 0 Å². The van der Waals surface area contributed by atoms with Gasteiger partial charge in [0, 0.05) is 6.42 Å². The normalized spacial score (nSPS) is 11.0. The molecule has 0 spiro atoms. The summed E-state index contributed by atoms with van der Waals surface area (Å²) in [6, 6.07) is 15.3. The monoisotopic (exact) mass is 377 g/mol. The lowest BCUT2D eigenvalue weighted by molar-refractivity contribution is -0.120. The maximum absolute atomic E-state index is 12.1. The van der Waals surface area contributed by atoms with Gasteiger partial charge in [-0.15, -0.1) is 0 Å². The maximum atomic E-state index is 12.1. The summed E-state index contributed by atoms with van der Waals surface area (Å²) < 4.78 is 35.1. The molecule has 0 unspecified atom stereocenters. The van der Waals surface area contributed by atoms with E-state index < -0.39 is 9.84 Å². The summed E-state index contributed by atoms with van der Waals surface area (Å²) in [6.45, 7) is 3.12. The number of amides is 1. The standard InChI is InChI=1S/C19H23NO5S/c1-2-24-16-8-10-17(11-9-16)25-14-13-20-19(21)12-15-26(22,23)18-6-4-3-5-7-18/h3-11H,2,12-15H2,1H3,(H,20,21). The van der Waals surface area contributed by atoms with Gasteiger partial charge >= 0.3 is 0 Å². The Morgan fingerprint density at radius 3 is 2.19 bits per heavy atom. The molecule has 2 aromatic carbocycles. The number of carbonyl (C=O) groups excluding carboxylic acids is 1. The van der Waals surface area contributed by atoms with Gasteiger partial charge in [0.25, 0.3) is 0 Å². The second-order valence-corrected chi connectivity index (χ2v) is 7.59. The van der Waals surface area contributed by atoms with Crippen LogP contribution in [-0.4, -0.2) is 39.8 Å². The van der Waals surface area contributed by atoms with E-state index in [1.165, 1.54) is 12.1 Å². The van der Waals surface area contributed by atoms with Gasteiger partial charge in [-0.25, -0.2) is 8.42 Å². The van der Waals surface area contributed by atoms with Crippen molar-refractivity contribution in [3.05, 3.63) is 54.6 Å². The topological polar surface area (TPSA) is 81.7 Å². The van der Waals surface area contributed by atoms with Gasteiger partial charge in [0.15, 0.2) is 9.84 Å². The lowest BCUT2D eigenvalue weighted by Crippen LogP contribution is -2.29. The van der Waals surface area contributed by atoms with Crippen LogP contribution in [0, 0.1) is 0 Å². The first-order valence-corrected chi connectivity index (χ1v) is 10.1. The summed E-state index contributed by atoms with van der Waals surface area (Å²) in [4.78, 5) is 12.0. The Bertz CT molecular complexity index is 788. The molecule has 6 nitrogen and oxygen atoms in total. The van der Waals surface area contributed by atoms with Crippen molar-refractivity contribution in [2.75, 3.05) is 25.5 Å². The average molecular weight is 377 g/mol. The van der Waals surface area contributed by atoms with E-state index in [0.717, 1.165) is 5.75 Å². The molecule has 0 bridgehead atoms. The molecule has 0 aliphatic rings. The fourth-order valence-electron chi connectivity index (χ4n) is 2.22. The number of hydrogen-bond donors (Lipinski definition) is 1. The fraction of sp³-hybridized carbons (Fsp3) is 0.316. The first-order chi connectivity index (χ1) is 12.5. The molecule has 0 saturated carbocycles. The SMILES string of the molecule is CCOc1ccc(OCCNC(=O)CCS(=O)(=O)c2ccccc2)cc1. The summed E-state index contributed by atoms with van der Waals surface area (Å²) in [5.41, 5.74) is 0. The molecule has 26 heavy (non-hydrogen) atoms. The third kappa shape index (κ3) is 6.40. The smallest absolute Gasteiger partial charge is 0.221 e. The molecular formula is C19H23NO5S. The quantitative estimate of drug-likeness (QED) is 0.643. The summed E-state index contributed by atoms with van der Waals surface area (Å²) in [7, 11) is -3.44. The molecule has 140 valence electrons. The van der Waals surface area contributed by atoms with E-state index in [2.05, 4.69) is 5.32 Å². The van der Waals surface area contributed by atoms with Crippen LogP contribution in [0.25, 0.3) is 0 Å². The molecule has 2 aromatic rings. The van der Waals surface area contributed by atoms with Gasteiger partial charge in [-0.1, -0.05) is 18.2 Å². The van der Waals surface area contributed by atoms with Crippen LogP contribution in [0.1, 0.15) is 13.3 Å². The molecule has 0 aliphatic carbocycles. The summed E-state index contributed by atoms with van der Waals surface area (Å²) >= 11 is 0. The molecule has 0 heterocycles. The Morgan fingerprint density at radius 2 is 1.58 bits per heavy atom. The molecule has 1 N–H and O–H groups in total. The van der Waals surface area contributed by atoms with Gasteiger partial charge in [-0.2, -0.15) is 0 Å². The van der Waals surface area contributed by atoms with Crippen molar-refractivity contribution in [1.29, 1.82) is 0 Å². The van der Waals surface area contributed by atoms with Crippen LogP contribution in [0.15, 0.2) is 59.5 Å². The molecule has 0 aromatic heterocycles. The van der Waals surface area contributed by atoms with Crippen LogP contribution in [0.2, 0.25) is 0 Å². The van der Waals surface area contributed by atoms with E-state index in [1.807, 2.05) is 19.1 Å². The van der Waals surface area contributed by atoms with Gasteiger partial charge in [0.1, 0.15) is 18.1 Å². The predicted octanol–water partition coefficient (Wildman–Crippen LogP) is 2.44. The predicted molar refractivity (Wildman–Crippen MR) is 99.2 cm³/mol. The van der Waals surface area contributed by atoms with Crippen LogP contribution < -0.4 is 14.8 Å². The van der Waals surface area contributed by atoms with Gasteiger partial charge in [-0.3, -0.25) is 4.79 Å². The van der Waals surface area contributed by atoms with Gasteiger partial charge in [0.2, 0.25) is 5.91 Å². The zero-order chi connectivity index (χ0) is 18.8. The van der Waals surface area contributed by atoms with E-state index >= 15 is 0 Å². The number of ether oxygens (including phenoxy) is 2. The zero-order valence-corrected chi connectivity index (χ0v) is 15.5. The number of sulfone groups is 1. The number of nitrogens with one attached hydrogen (secondary N) is 1. The lowest BCUT2D eigenvalue weighted by atomic mass is 10.3. The van der Waals surface area contributed by atoms with Crippen molar-refractivity contribution >= 4 is 15.7 Å². The number of hydrogen-bond acceptors (Lipinski definition) is 5. The molecule has 0 radical (unpaired) electrons. The molecule has 7 heteroatoms. The van der Waals surface area contributed by atoms with Crippen LogP contribution >= 0.6 is 0 Å². The molecule has 0 atom stereocenters. The average Bonchev–Trinajstić information content (AvgIpc) is 2.66. The van der Waals surface area contributed by atoms with Gasteiger partial charge in [0.05, 0.1) is 23.8 Å². The summed E-state index contributed by atoms with van der Waals surface area (Å²) in [5, 5.41) is 2.66. The minimum absolute atomic E-state index is 0.0831. The van der Waals surface area contributed by atoms with Crippen LogP contribution in [0.3, 0.4) is 0 Å². The Balaban J connectivity index is 1.67. The van der Waals surface area contributed by atoms with Crippen molar-refractivity contribution in [2.45, 2.75) is 18.2 Å². The molecular weight excluding hydrogens is 354 g/mol. The maximum Gasteiger partial charge on any atom is 0.221 e. The summed E-state index contributed by atoms with van der Waals surface area (Å²) in [6.07, 6.45) is -0.0831.